The van der Waals surface area contributed by atoms with E-state index in [4.69, 9.17) is 0 Å². The number of piperidine rings is 2. The van der Waals surface area contributed by atoms with Gasteiger partial charge in [-0.1, -0.05) is 20.8 Å². The van der Waals surface area contributed by atoms with Crippen molar-refractivity contribution in [2.75, 3.05) is 32.7 Å². The zero-order chi connectivity index (χ0) is 17.5. The predicted octanol–water partition coefficient (Wildman–Crippen LogP) is 4.89. The number of hydrogen-bond donors (Lipinski definition) is 0. The van der Waals surface area contributed by atoms with Gasteiger partial charge in [0.25, 0.3) is 0 Å². The first-order valence-corrected chi connectivity index (χ1v) is 10.6. The van der Waals surface area contributed by atoms with E-state index in [9.17, 15) is 0 Å². The molecule has 0 aromatic carbocycles. The monoisotopic (exact) mass is 334 g/mol. The van der Waals surface area contributed by atoms with Crippen LogP contribution in [0.15, 0.2) is 0 Å². The summed E-state index contributed by atoms with van der Waals surface area (Å²) in [5, 5.41) is 0. The summed E-state index contributed by atoms with van der Waals surface area (Å²) in [5.41, 5.74) is 0.872. The lowest BCUT2D eigenvalue weighted by Crippen LogP contribution is -2.48. The highest BCUT2D eigenvalue weighted by molar-refractivity contribution is 4.97. The summed E-state index contributed by atoms with van der Waals surface area (Å²) < 4.78 is 0. The number of fused-ring (bicyclic) bond motifs is 2. The minimum atomic E-state index is 0.360. The number of likely N-dealkylation sites (tertiary alicyclic amines) is 2. The van der Waals surface area contributed by atoms with Crippen molar-refractivity contribution in [3.63, 3.8) is 0 Å². The highest BCUT2D eigenvalue weighted by atomic mass is 15.2. The van der Waals surface area contributed by atoms with E-state index in [-0.39, 0.29) is 0 Å². The van der Waals surface area contributed by atoms with Crippen molar-refractivity contribution in [2.24, 2.45) is 29.1 Å². The van der Waals surface area contributed by atoms with Gasteiger partial charge >= 0.3 is 0 Å². The van der Waals surface area contributed by atoms with E-state index in [0.29, 0.717) is 11.0 Å². The second kappa shape index (κ2) is 6.91. The molecule has 0 aromatic rings. The summed E-state index contributed by atoms with van der Waals surface area (Å²) >= 11 is 0. The molecule has 2 atom stereocenters. The Morgan fingerprint density at radius 1 is 0.792 bits per heavy atom. The van der Waals surface area contributed by atoms with Crippen LogP contribution in [-0.4, -0.2) is 48.1 Å². The van der Waals surface area contributed by atoms with Gasteiger partial charge in [0.2, 0.25) is 0 Å². The van der Waals surface area contributed by atoms with E-state index in [1.807, 2.05) is 0 Å². The van der Waals surface area contributed by atoms with Gasteiger partial charge in [0.15, 0.2) is 0 Å². The molecule has 0 amide bonds. The molecule has 140 valence electrons. The quantitative estimate of drug-likeness (QED) is 0.725. The second-order valence-electron chi connectivity index (χ2n) is 11.1. The lowest BCUT2D eigenvalue weighted by atomic mass is 9.69. The van der Waals surface area contributed by atoms with Crippen LogP contribution in [0.2, 0.25) is 0 Å². The van der Waals surface area contributed by atoms with Crippen molar-refractivity contribution >= 4 is 0 Å². The van der Waals surface area contributed by atoms with Gasteiger partial charge in [-0.05, 0) is 102 Å². The normalized spacial score (nSPS) is 34.0. The maximum Gasteiger partial charge on any atom is 0.0125 e. The molecule has 0 aromatic heterocycles. The van der Waals surface area contributed by atoms with E-state index in [0.717, 1.165) is 23.7 Å². The summed E-state index contributed by atoms with van der Waals surface area (Å²) in [6.45, 7) is 21.3. The maximum absolute atomic E-state index is 2.83. The highest BCUT2D eigenvalue weighted by Gasteiger charge is 2.46. The lowest BCUT2D eigenvalue weighted by molar-refractivity contribution is 0.0330. The predicted molar refractivity (Wildman–Crippen MR) is 104 cm³/mol. The van der Waals surface area contributed by atoms with E-state index in [1.165, 1.54) is 64.8 Å². The van der Waals surface area contributed by atoms with Gasteiger partial charge in [-0.3, -0.25) is 4.90 Å². The molecule has 2 unspecified atom stereocenters. The molecule has 24 heavy (non-hydrogen) atoms. The molecular weight excluding hydrogens is 292 g/mol. The first-order valence-electron chi connectivity index (χ1n) is 10.6. The molecule has 1 saturated carbocycles. The molecule has 2 bridgehead atoms. The smallest absolute Gasteiger partial charge is 0.0125 e. The number of rotatable bonds is 3. The van der Waals surface area contributed by atoms with E-state index < -0.39 is 0 Å². The van der Waals surface area contributed by atoms with Gasteiger partial charge in [-0.2, -0.15) is 0 Å². The van der Waals surface area contributed by atoms with Crippen molar-refractivity contribution < 1.29 is 0 Å². The fourth-order valence-corrected chi connectivity index (χ4v) is 6.17. The SMILES string of the molecule is CC(C)(C)C1C2CCC1CN(CCC1CCN(C(C)(C)C)CC1)C2. The summed E-state index contributed by atoms with van der Waals surface area (Å²) in [6, 6.07) is 0. The van der Waals surface area contributed by atoms with Crippen LogP contribution in [0.1, 0.15) is 73.6 Å². The Balaban J connectivity index is 1.43. The fourth-order valence-electron chi connectivity index (χ4n) is 6.17. The van der Waals surface area contributed by atoms with Gasteiger partial charge in [-0.15, -0.1) is 0 Å². The summed E-state index contributed by atoms with van der Waals surface area (Å²) in [4.78, 5) is 5.51. The fraction of sp³-hybridized carbons (Fsp3) is 1.00. The standard InChI is InChI=1S/C22H42N2/c1-21(2,3)20-18-7-8-19(20)16-23(15-18)12-9-17-10-13-24(14-11-17)22(4,5)6/h17-20H,7-16H2,1-6H3. The van der Waals surface area contributed by atoms with Crippen molar-refractivity contribution in [3.05, 3.63) is 0 Å². The summed E-state index contributed by atoms with van der Waals surface area (Å²) in [6.07, 6.45) is 7.27. The topological polar surface area (TPSA) is 6.48 Å². The summed E-state index contributed by atoms with van der Waals surface area (Å²) in [5.74, 6) is 3.91. The average Bonchev–Trinajstić information content (AvgIpc) is 2.77. The molecule has 2 aliphatic heterocycles. The summed E-state index contributed by atoms with van der Waals surface area (Å²) in [7, 11) is 0. The molecule has 3 aliphatic rings. The number of nitrogens with zero attached hydrogens (tertiary/aromatic N) is 2. The number of hydrogen-bond acceptors (Lipinski definition) is 2. The first kappa shape index (κ1) is 18.7. The molecule has 0 N–H and O–H groups in total. The Hall–Kier alpha value is -0.0800. The molecule has 2 saturated heterocycles. The van der Waals surface area contributed by atoms with Crippen molar-refractivity contribution in [3.8, 4) is 0 Å². The third kappa shape index (κ3) is 4.18. The Morgan fingerprint density at radius 2 is 1.33 bits per heavy atom. The minimum Gasteiger partial charge on any atom is -0.303 e. The van der Waals surface area contributed by atoms with Gasteiger partial charge in [0.1, 0.15) is 0 Å². The van der Waals surface area contributed by atoms with Crippen LogP contribution in [0.25, 0.3) is 0 Å². The molecule has 0 radical (unpaired) electrons. The first-order chi connectivity index (χ1) is 11.1. The average molecular weight is 335 g/mol. The van der Waals surface area contributed by atoms with Crippen LogP contribution in [0.4, 0.5) is 0 Å². The van der Waals surface area contributed by atoms with Crippen molar-refractivity contribution in [2.45, 2.75) is 79.2 Å². The van der Waals surface area contributed by atoms with E-state index in [2.05, 4.69) is 51.3 Å². The Kier molecular flexibility index (Phi) is 5.39. The van der Waals surface area contributed by atoms with Crippen LogP contribution in [0.5, 0.6) is 0 Å². The molecule has 2 heteroatoms. The van der Waals surface area contributed by atoms with Gasteiger partial charge in [0, 0.05) is 18.6 Å². The van der Waals surface area contributed by atoms with Gasteiger partial charge < -0.3 is 4.90 Å². The Bertz CT molecular complexity index is 395. The van der Waals surface area contributed by atoms with Crippen LogP contribution in [0, 0.1) is 29.1 Å². The Morgan fingerprint density at radius 3 is 1.79 bits per heavy atom. The molecule has 1 aliphatic carbocycles. The van der Waals surface area contributed by atoms with E-state index >= 15 is 0 Å². The second-order valence-corrected chi connectivity index (χ2v) is 11.1. The molecule has 2 heterocycles. The maximum atomic E-state index is 2.83. The van der Waals surface area contributed by atoms with Crippen LogP contribution >= 0.6 is 0 Å². The zero-order valence-corrected chi connectivity index (χ0v) is 17.3. The minimum absolute atomic E-state index is 0.360. The third-order valence-corrected chi connectivity index (χ3v) is 7.33. The van der Waals surface area contributed by atoms with Crippen molar-refractivity contribution in [1.29, 1.82) is 0 Å². The van der Waals surface area contributed by atoms with Crippen LogP contribution in [0.3, 0.4) is 0 Å². The van der Waals surface area contributed by atoms with Crippen molar-refractivity contribution in [1.82, 2.24) is 9.80 Å². The molecule has 0 spiro atoms. The van der Waals surface area contributed by atoms with Gasteiger partial charge in [-0.25, -0.2) is 0 Å². The van der Waals surface area contributed by atoms with Crippen LogP contribution < -0.4 is 0 Å². The van der Waals surface area contributed by atoms with Gasteiger partial charge in [0.05, 0.1) is 0 Å². The highest BCUT2D eigenvalue weighted by Crippen LogP contribution is 2.50. The molecule has 3 rings (SSSR count). The Labute approximate surface area is 151 Å². The largest absolute Gasteiger partial charge is 0.303 e. The third-order valence-electron chi connectivity index (χ3n) is 7.33. The van der Waals surface area contributed by atoms with E-state index in [1.54, 1.807) is 0 Å². The molecule has 3 fully saturated rings. The molecule has 2 nitrogen and oxygen atoms in total. The lowest BCUT2D eigenvalue weighted by Gasteiger charge is -2.45. The van der Waals surface area contributed by atoms with Crippen LogP contribution in [-0.2, 0) is 0 Å². The molecular formula is C22H42N2. The zero-order valence-electron chi connectivity index (χ0n) is 17.3.